The highest BCUT2D eigenvalue weighted by Crippen LogP contribution is 2.34. The van der Waals surface area contributed by atoms with E-state index in [0.717, 1.165) is 16.1 Å². The van der Waals surface area contributed by atoms with Gasteiger partial charge in [0.1, 0.15) is 25.5 Å². The summed E-state index contributed by atoms with van der Waals surface area (Å²) in [7, 11) is 0. The van der Waals surface area contributed by atoms with Gasteiger partial charge in [-0.25, -0.2) is 4.79 Å². The van der Waals surface area contributed by atoms with Gasteiger partial charge in [-0.05, 0) is 35.7 Å². The summed E-state index contributed by atoms with van der Waals surface area (Å²) in [6, 6.07) is 12.8. The Labute approximate surface area is 169 Å². The zero-order valence-electron chi connectivity index (χ0n) is 15.1. The highest BCUT2D eigenvalue weighted by molar-refractivity contribution is 7.13. The number of aromatic nitrogens is 3. The maximum Gasteiger partial charge on any atom is 0.359 e. The van der Waals surface area contributed by atoms with Crippen LogP contribution in [0.3, 0.4) is 0 Å². The van der Waals surface area contributed by atoms with Crippen molar-refractivity contribution in [2.75, 3.05) is 13.2 Å². The van der Waals surface area contributed by atoms with E-state index in [1.807, 2.05) is 35.7 Å². The molecule has 0 saturated heterocycles. The van der Waals surface area contributed by atoms with Gasteiger partial charge in [-0.3, -0.25) is 5.10 Å². The van der Waals surface area contributed by atoms with Gasteiger partial charge in [0.25, 0.3) is 0 Å². The second-order valence-electron chi connectivity index (χ2n) is 6.26. The normalized spacial score (nSPS) is 12.7. The molecule has 0 amide bonds. The predicted octanol–water partition coefficient (Wildman–Crippen LogP) is 3.92. The lowest BCUT2D eigenvalue weighted by Crippen LogP contribution is -2.15. The van der Waals surface area contributed by atoms with E-state index in [-0.39, 0.29) is 12.3 Å². The smallest absolute Gasteiger partial charge is 0.359 e. The minimum Gasteiger partial charge on any atom is -0.486 e. The van der Waals surface area contributed by atoms with Crippen molar-refractivity contribution in [3.63, 3.8) is 0 Å². The van der Waals surface area contributed by atoms with Crippen molar-refractivity contribution in [1.82, 2.24) is 15.4 Å². The number of hydrogen-bond acceptors (Lipinski definition) is 8. The van der Waals surface area contributed by atoms with Crippen LogP contribution in [0.4, 0.5) is 0 Å². The zero-order chi connectivity index (χ0) is 19.6. The van der Waals surface area contributed by atoms with Gasteiger partial charge in [0, 0.05) is 11.6 Å². The first-order chi connectivity index (χ1) is 14.3. The van der Waals surface area contributed by atoms with Crippen LogP contribution >= 0.6 is 11.3 Å². The molecule has 0 fully saturated rings. The number of carbonyl (C=O) groups excluding carboxylic acids is 1. The van der Waals surface area contributed by atoms with Gasteiger partial charge < -0.3 is 18.7 Å². The van der Waals surface area contributed by atoms with Crippen LogP contribution in [0.2, 0.25) is 0 Å². The summed E-state index contributed by atoms with van der Waals surface area (Å²) in [6.45, 7) is 1.03. The number of benzene rings is 1. The van der Waals surface area contributed by atoms with Gasteiger partial charge in [0.2, 0.25) is 0 Å². The first kappa shape index (κ1) is 17.5. The highest BCUT2D eigenvalue weighted by Gasteiger charge is 2.17. The van der Waals surface area contributed by atoms with Crippen molar-refractivity contribution in [3.05, 3.63) is 59.2 Å². The first-order valence-electron chi connectivity index (χ1n) is 8.88. The highest BCUT2D eigenvalue weighted by atomic mass is 32.1. The predicted molar refractivity (Wildman–Crippen MR) is 104 cm³/mol. The fourth-order valence-electron chi connectivity index (χ4n) is 2.91. The Kier molecular flexibility index (Phi) is 4.49. The lowest BCUT2D eigenvalue weighted by molar-refractivity contribution is 0.0457. The molecule has 1 N–H and O–H groups in total. The molecule has 0 aliphatic carbocycles. The van der Waals surface area contributed by atoms with E-state index in [2.05, 4.69) is 15.4 Å². The summed E-state index contributed by atoms with van der Waals surface area (Å²) < 4.78 is 21.8. The molecule has 4 aromatic rings. The van der Waals surface area contributed by atoms with E-state index in [1.54, 1.807) is 23.5 Å². The Bertz CT molecular complexity index is 1150. The average Bonchev–Trinajstić information content (AvgIpc) is 3.52. The number of nitrogens with one attached hydrogen (secondary N) is 1. The maximum atomic E-state index is 12.2. The van der Waals surface area contributed by atoms with Crippen LogP contribution in [0.1, 0.15) is 16.2 Å². The number of ether oxygens (including phenoxy) is 3. The van der Waals surface area contributed by atoms with Crippen LogP contribution in [0, 0.1) is 0 Å². The summed E-state index contributed by atoms with van der Waals surface area (Å²) in [6.07, 6.45) is 0. The summed E-state index contributed by atoms with van der Waals surface area (Å²) in [5.41, 5.74) is 2.28. The van der Waals surface area contributed by atoms with E-state index in [9.17, 15) is 4.79 Å². The van der Waals surface area contributed by atoms with Crippen molar-refractivity contribution in [3.8, 4) is 33.4 Å². The fourth-order valence-corrected chi connectivity index (χ4v) is 3.60. The Morgan fingerprint density at radius 1 is 1.14 bits per heavy atom. The number of aromatic amines is 1. The molecule has 0 spiro atoms. The molecule has 146 valence electrons. The topological polar surface area (TPSA) is 99.5 Å². The molecule has 0 atom stereocenters. The number of fused-ring (bicyclic) bond motifs is 1. The van der Waals surface area contributed by atoms with E-state index in [1.165, 1.54) is 0 Å². The standard InChI is InChI=1S/C20H15N3O5S/c24-20(15-10-14(21-22-15)19-2-1-7-29-19)27-11-13-9-17(28-23-13)12-3-4-16-18(8-12)26-6-5-25-16/h1-4,7-10H,5-6,11H2,(H,21,22). The van der Waals surface area contributed by atoms with Crippen molar-refractivity contribution < 1.29 is 23.5 Å². The van der Waals surface area contributed by atoms with E-state index >= 15 is 0 Å². The molecule has 8 nitrogen and oxygen atoms in total. The molecular formula is C20H15N3O5S. The Balaban J connectivity index is 1.24. The van der Waals surface area contributed by atoms with Gasteiger partial charge in [0.05, 0.1) is 10.6 Å². The number of nitrogens with zero attached hydrogens (tertiary/aromatic N) is 2. The number of carbonyl (C=O) groups is 1. The van der Waals surface area contributed by atoms with Gasteiger partial charge in [0.15, 0.2) is 23.0 Å². The quantitative estimate of drug-likeness (QED) is 0.499. The fraction of sp³-hybridized carbons (Fsp3) is 0.150. The van der Waals surface area contributed by atoms with E-state index in [0.29, 0.717) is 36.2 Å². The van der Waals surface area contributed by atoms with Crippen LogP contribution in [-0.4, -0.2) is 34.5 Å². The minimum atomic E-state index is -0.534. The minimum absolute atomic E-state index is 0.0198. The SMILES string of the molecule is O=C(OCc1cc(-c2ccc3c(c2)OCCO3)on1)c1cc(-c2cccs2)[nH]n1. The first-order valence-corrected chi connectivity index (χ1v) is 9.76. The molecule has 3 aromatic heterocycles. The van der Waals surface area contributed by atoms with E-state index < -0.39 is 5.97 Å². The van der Waals surface area contributed by atoms with Gasteiger partial charge in [-0.2, -0.15) is 5.10 Å². The summed E-state index contributed by atoms with van der Waals surface area (Å²) in [5, 5.41) is 12.8. The second-order valence-corrected chi connectivity index (χ2v) is 7.21. The summed E-state index contributed by atoms with van der Waals surface area (Å²) in [4.78, 5) is 13.2. The van der Waals surface area contributed by atoms with Crippen molar-refractivity contribution >= 4 is 17.3 Å². The largest absolute Gasteiger partial charge is 0.486 e. The third kappa shape index (κ3) is 3.59. The molecular weight excluding hydrogens is 394 g/mol. The molecule has 0 saturated carbocycles. The number of hydrogen-bond donors (Lipinski definition) is 1. The molecule has 9 heteroatoms. The third-order valence-corrected chi connectivity index (χ3v) is 5.21. The molecule has 0 unspecified atom stereocenters. The average molecular weight is 409 g/mol. The van der Waals surface area contributed by atoms with Gasteiger partial charge in [-0.15, -0.1) is 11.3 Å². The summed E-state index contributed by atoms with van der Waals surface area (Å²) in [5.74, 6) is 1.38. The molecule has 0 bridgehead atoms. The third-order valence-electron chi connectivity index (χ3n) is 4.31. The van der Waals surface area contributed by atoms with Crippen LogP contribution in [0.25, 0.3) is 21.9 Å². The number of H-pyrrole nitrogens is 1. The van der Waals surface area contributed by atoms with Crippen LogP contribution < -0.4 is 9.47 Å². The van der Waals surface area contributed by atoms with Gasteiger partial charge >= 0.3 is 5.97 Å². The maximum absolute atomic E-state index is 12.2. The van der Waals surface area contributed by atoms with Crippen LogP contribution in [0.15, 0.2) is 52.4 Å². The number of thiophene rings is 1. The van der Waals surface area contributed by atoms with Gasteiger partial charge in [-0.1, -0.05) is 11.2 Å². The summed E-state index contributed by atoms with van der Waals surface area (Å²) >= 11 is 1.56. The molecule has 4 heterocycles. The lowest BCUT2D eigenvalue weighted by atomic mass is 10.1. The molecule has 1 aliphatic rings. The Morgan fingerprint density at radius 2 is 2.03 bits per heavy atom. The monoisotopic (exact) mass is 409 g/mol. The molecule has 29 heavy (non-hydrogen) atoms. The number of esters is 1. The molecule has 0 radical (unpaired) electrons. The Hall–Kier alpha value is -3.59. The molecule has 1 aliphatic heterocycles. The lowest BCUT2D eigenvalue weighted by Gasteiger charge is -2.18. The molecule has 5 rings (SSSR count). The van der Waals surface area contributed by atoms with Crippen molar-refractivity contribution in [2.24, 2.45) is 0 Å². The second kappa shape index (κ2) is 7.44. The van der Waals surface area contributed by atoms with E-state index in [4.69, 9.17) is 18.7 Å². The van der Waals surface area contributed by atoms with Crippen molar-refractivity contribution in [2.45, 2.75) is 6.61 Å². The molecule has 1 aromatic carbocycles. The number of rotatable bonds is 5. The van der Waals surface area contributed by atoms with Crippen LogP contribution in [0.5, 0.6) is 11.5 Å². The van der Waals surface area contributed by atoms with Crippen molar-refractivity contribution in [1.29, 1.82) is 0 Å². The Morgan fingerprint density at radius 3 is 2.90 bits per heavy atom. The van der Waals surface area contributed by atoms with Crippen LogP contribution in [-0.2, 0) is 11.3 Å². The zero-order valence-corrected chi connectivity index (χ0v) is 15.9.